The molecule has 3 N–H and O–H groups in total. The Hall–Kier alpha value is -2.97. The quantitative estimate of drug-likeness (QED) is 0.647. The van der Waals surface area contributed by atoms with Crippen LogP contribution >= 0.6 is 0 Å². The lowest BCUT2D eigenvalue weighted by molar-refractivity contribution is -0.147. The normalized spacial score (nSPS) is 13.7. The summed E-state index contributed by atoms with van der Waals surface area (Å²) in [4.78, 5) is 46.4. The predicted molar refractivity (Wildman–Crippen MR) is 88.6 cm³/mol. The maximum Gasteiger partial charge on any atom is 0.325 e. The lowest BCUT2D eigenvalue weighted by Gasteiger charge is -2.12. The highest BCUT2D eigenvalue weighted by Gasteiger charge is 2.19. The summed E-state index contributed by atoms with van der Waals surface area (Å²) >= 11 is 0. The fraction of sp³-hybridized carbons (Fsp3) is 0.412. The Morgan fingerprint density at radius 2 is 1.81 bits per heavy atom. The number of nitrogens with one attached hydrogen (secondary N) is 3. The van der Waals surface area contributed by atoms with Gasteiger partial charge >= 0.3 is 12.0 Å². The first kappa shape index (κ1) is 19.4. The zero-order valence-corrected chi connectivity index (χ0v) is 14.0. The number of imide groups is 1. The number of esters is 1. The third kappa shape index (κ3) is 6.15. The summed E-state index contributed by atoms with van der Waals surface area (Å²) in [6, 6.07) is 4.73. The first-order chi connectivity index (χ1) is 12.5. The average Bonchev–Trinajstić information content (AvgIpc) is 3.11. The predicted octanol–water partition coefficient (Wildman–Crippen LogP) is 0.867. The van der Waals surface area contributed by atoms with Gasteiger partial charge in [-0.2, -0.15) is 0 Å². The minimum absolute atomic E-state index is 0.0546. The molecule has 0 aliphatic heterocycles. The Morgan fingerprint density at radius 1 is 1.12 bits per heavy atom. The molecule has 1 aromatic carbocycles. The van der Waals surface area contributed by atoms with Crippen LogP contribution in [-0.4, -0.2) is 43.0 Å². The van der Waals surface area contributed by atoms with E-state index < -0.39 is 42.8 Å². The monoisotopic (exact) mass is 365 g/mol. The molecule has 1 saturated carbocycles. The summed E-state index contributed by atoms with van der Waals surface area (Å²) in [5, 5.41) is 6.90. The van der Waals surface area contributed by atoms with Crippen molar-refractivity contribution in [3.05, 3.63) is 35.6 Å². The molecule has 0 bridgehead atoms. The van der Waals surface area contributed by atoms with Crippen molar-refractivity contribution in [2.45, 2.75) is 31.7 Å². The highest BCUT2D eigenvalue weighted by atomic mass is 19.1. The summed E-state index contributed by atoms with van der Waals surface area (Å²) in [6.45, 7) is -1.19. The number of carbonyl (C=O) groups is 4. The molecule has 8 nitrogen and oxygen atoms in total. The van der Waals surface area contributed by atoms with E-state index in [1.54, 1.807) is 0 Å². The van der Waals surface area contributed by atoms with E-state index in [4.69, 9.17) is 0 Å². The van der Waals surface area contributed by atoms with Gasteiger partial charge in [0, 0.05) is 6.04 Å². The Kier molecular flexibility index (Phi) is 7.07. The molecule has 0 saturated heterocycles. The van der Waals surface area contributed by atoms with Gasteiger partial charge in [-0.05, 0) is 25.0 Å². The van der Waals surface area contributed by atoms with Crippen LogP contribution in [0.5, 0.6) is 0 Å². The number of hydrogen-bond acceptors (Lipinski definition) is 5. The molecule has 140 valence electrons. The number of urea groups is 1. The van der Waals surface area contributed by atoms with Crippen LogP contribution in [0.15, 0.2) is 24.3 Å². The molecular formula is C17H20FN3O5. The van der Waals surface area contributed by atoms with E-state index in [1.807, 2.05) is 0 Å². The lowest BCUT2D eigenvalue weighted by atomic mass is 10.2. The van der Waals surface area contributed by atoms with Gasteiger partial charge in [-0.1, -0.05) is 25.0 Å². The second-order valence-electron chi connectivity index (χ2n) is 5.83. The first-order valence-electron chi connectivity index (χ1n) is 8.24. The molecule has 2 rings (SSSR count). The van der Waals surface area contributed by atoms with E-state index in [0.717, 1.165) is 31.7 Å². The molecule has 1 aliphatic rings. The van der Waals surface area contributed by atoms with Crippen LogP contribution in [0.3, 0.4) is 0 Å². The molecule has 1 aromatic rings. The molecule has 0 heterocycles. The number of ether oxygens (including phenoxy) is 1. The lowest BCUT2D eigenvalue weighted by Crippen LogP contribution is -2.45. The van der Waals surface area contributed by atoms with E-state index in [0.29, 0.717) is 0 Å². The smallest absolute Gasteiger partial charge is 0.325 e. The topological polar surface area (TPSA) is 114 Å². The van der Waals surface area contributed by atoms with E-state index >= 15 is 0 Å². The Morgan fingerprint density at radius 3 is 2.50 bits per heavy atom. The van der Waals surface area contributed by atoms with E-state index in [1.165, 1.54) is 18.2 Å². The fourth-order valence-electron chi connectivity index (χ4n) is 2.54. The Bertz CT molecular complexity index is 689. The zero-order valence-electron chi connectivity index (χ0n) is 14.0. The van der Waals surface area contributed by atoms with E-state index in [-0.39, 0.29) is 11.6 Å². The molecule has 0 atom stereocenters. The SMILES string of the molecule is O=C(COC(=O)CNC(=O)c1ccccc1F)NC(=O)NC1CCCC1. The average molecular weight is 365 g/mol. The molecule has 0 spiro atoms. The maximum absolute atomic E-state index is 13.4. The highest BCUT2D eigenvalue weighted by Crippen LogP contribution is 2.17. The van der Waals surface area contributed by atoms with Crippen LogP contribution in [0.1, 0.15) is 36.0 Å². The van der Waals surface area contributed by atoms with Crippen LogP contribution in [0, 0.1) is 5.82 Å². The number of benzene rings is 1. The highest BCUT2D eigenvalue weighted by molar-refractivity contribution is 5.97. The van der Waals surface area contributed by atoms with Crippen LogP contribution < -0.4 is 16.0 Å². The summed E-state index contributed by atoms with van der Waals surface area (Å²) < 4.78 is 18.1. The zero-order chi connectivity index (χ0) is 18.9. The van der Waals surface area contributed by atoms with Gasteiger partial charge in [-0.25, -0.2) is 9.18 Å². The Balaban J connectivity index is 1.64. The van der Waals surface area contributed by atoms with Gasteiger partial charge in [0.2, 0.25) is 0 Å². The third-order valence-electron chi connectivity index (χ3n) is 3.82. The van der Waals surface area contributed by atoms with E-state index in [9.17, 15) is 23.6 Å². The number of amides is 4. The summed E-state index contributed by atoms with van der Waals surface area (Å²) in [6.07, 6.45) is 3.82. The molecule has 9 heteroatoms. The molecule has 0 radical (unpaired) electrons. The number of carbonyl (C=O) groups excluding carboxylic acids is 4. The second-order valence-corrected chi connectivity index (χ2v) is 5.83. The molecule has 26 heavy (non-hydrogen) atoms. The van der Waals surface area contributed by atoms with Crippen molar-refractivity contribution in [3.63, 3.8) is 0 Å². The van der Waals surface area contributed by atoms with Gasteiger partial charge in [0.15, 0.2) is 6.61 Å². The van der Waals surface area contributed by atoms with Crippen molar-refractivity contribution in [2.75, 3.05) is 13.2 Å². The van der Waals surface area contributed by atoms with Crippen LogP contribution in [-0.2, 0) is 14.3 Å². The minimum Gasteiger partial charge on any atom is -0.454 e. The molecular weight excluding hydrogens is 345 g/mol. The third-order valence-corrected chi connectivity index (χ3v) is 3.82. The van der Waals surface area contributed by atoms with Crippen LogP contribution in [0.2, 0.25) is 0 Å². The van der Waals surface area contributed by atoms with Crippen molar-refractivity contribution in [1.29, 1.82) is 0 Å². The molecule has 4 amide bonds. The van der Waals surface area contributed by atoms with Gasteiger partial charge < -0.3 is 15.4 Å². The van der Waals surface area contributed by atoms with Crippen molar-refractivity contribution >= 4 is 23.8 Å². The number of rotatable bonds is 6. The van der Waals surface area contributed by atoms with Crippen molar-refractivity contribution < 1.29 is 28.3 Å². The minimum atomic E-state index is -0.888. The van der Waals surface area contributed by atoms with Crippen molar-refractivity contribution in [2.24, 2.45) is 0 Å². The summed E-state index contributed by atoms with van der Waals surface area (Å²) in [5.41, 5.74) is -0.207. The van der Waals surface area contributed by atoms with Gasteiger partial charge in [0.05, 0.1) is 5.56 Å². The van der Waals surface area contributed by atoms with Crippen molar-refractivity contribution in [1.82, 2.24) is 16.0 Å². The van der Waals surface area contributed by atoms with Crippen LogP contribution in [0.25, 0.3) is 0 Å². The van der Waals surface area contributed by atoms with Gasteiger partial charge in [0.25, 0.3) is 11.8 Å². The van der Waals surface area contributed by atoms with Crippen LogP contribution in [0.4, 0.5) is 9.18 Å². The van der Waals surface area contributed by atoms with E-state index in [2.05, 4.69) is 20.7 Å². The Labute approximate surface area is 149 Å². The van der Waals surface area contributed by atoms with Gasteiger partial charge in [-0.15, -0.1) is 0 Å². The number of halogens is 1. The van der Waals surface area contributed by atoms with Gasteiger partial charge in [0.1, 0.15) is 12.4 Å². The summed E-state index contributed by atoms with van der Waals surface area (Å²) in [7, 11) is 0. The maximum atomic E-state index is 13.4. The fourth-order valence-corrected chi connectivity index (χ4v) is 2.54. The largest absolute Gasteiger partial charge is 0.454 e. The van der Waals surface area contributed by atoms with Gasteiger partial charge in [-0.3, -0.25) is 19.7 Å². The summed E-state index contributed by atoms with van der Waals surface area (Å²) in [5.74, 6) is -3.17. The second kappa shape index (κ2) is 9.50. The standard InChI is InChI=1S/C17H20FN3O5/c18-13-8-4-3-7-12(13)16(24)19-9-15(23)26-10-14(22)21-17(25)20-11-5-1-2-6-11/h3-4,7-8,11H,1-2,5-6,9-10H2,(H,19,24)(H2,20,21,22,25). The molecule has 1 fully saturated rings. The number of hydrogen-bond donors (Lipinski definition) is 3. The molecule has 0 aromatic heterocycles. The molecule has 1 aliphatic carbocycles. The van der Waals surface area contributed by atoms with Crippen molar-refractivity contribution in [3.8, 4) is 0 Å². The molecule has 0 unspecified atom stereocenters. The first-order valence-corrected chi connectivity index (χ1v) is 8.24.